The molecule has 0 fully saturated rings. The van der Waals surface area contributed by atoms with Crippen LogP contribution >= 0.6 is 23.2 Å². The van der Waals surface area contributed by atoms with E-state index in [2.05, 4.69) is 29.6 Å². The molecule has 0 bridgehead atoms. The third kappa shape index (κ3) is 6.52. The van der Waals surface area contributed by atoms with Crippen molar-refractivity contribution in [1.82, 2.24) is 10.2 Å². The summed E-state index contributed by atoms with van der Waals surface area (Å²) in [5, 5.41) is 6.35. The summed E-state index contributed by atoms with van der Waals surface area (Å²) in [5.41, 5.74) is 1.88. The van der Waals surface area contributed by atoms with Gasteiger partial charge in [-0.15, -0.1) is 0 Å². The maximum Gasteiger partial charge on any atom is 0.243 e. The summed E-state index contributed by atoms with van der Waals surface area (Å²) in [6, 6.07) is 19.0. The van der Waals surface area contributed by atoms with Gasteiger partial charge in [0.05, 0.1) is 0 Å². The van der Waals surface area contributed by atoms with E-state index in [0.29, 0.717) is 29.3 Å². The van der Waals surface area contributed by atoms with Crippen molar-refractivity contribution in [3.05, 3.63) is 81.8 Å². The highest BCUT2D eigenvalue weighted by atomic mass is 35.5. The molecule has 3 aromatic rings. The van der Waals surface area contributed by atoms with Gasteiger partial charge in [0.15, 0.2) is 0 Å². The van der Waals surface area contributed by atoms with Crippen molar-refractivity contribution in [2.75, 3.05) is 0 Å². The highest BCUT2D eigenvalue weighted by molar-refractivity contribution is 6.35. The van der Waals surface area contributed by atoms with Gasteiger partial charge in [0.2, 0.25) is 11.8 Å². The SMILES string of the molecule is CC[C@@H](C)NC(=O)[C@@H](CC)N(Cc1ccc(Cl)cc1Cl)C(=O)CCc1cccc2ccccc12. The number of aryl methyl sites for hydroxylation is 1. The smallest absolute Gasteiger partial charge is 0.243 e. The van der Waals surface area contributed by atoms with E-state index < -0.39 is 6.04 Å². The Kier molecular flexibility index (Phi) is 9.37. The zero-order chi connectivity index (χ0) is 24.7. The standard InChI is InChI=1S/C28H32Cl2N2O2/c1-4-19(3)31-28(34)26(5-2)32(18-22-13-15-23(29)17-25(22)30)27(33)16-14-21-11-8-10-20-9-6-7-12-24(20)21/h6-13,15,17,19,26H,4-5,14,16,18H2,1-3H3,(H,31,34)/t19-,26-/m1/s1. The van der Waals surface area contributed by atoms with Crippen molar-refractivity contribution in [2.45, 2.75) is 65.1 Å². The Morgan fingerprint density at radius 3 is 2.38 bits per heavy atom. The molecule has 0 aromatic heterocycles. The van der Waals surface area contributed by atoms with Gasteiger partial charge in [-0.3, -0.25) is 9.59 Å². The van der Waals surface area contributed by atoms with Gasteiger partial charge in [-0.25, -0.2) is 0 Å². The lowest BCUT2D eigenvalue weighted by Gasteiger charge is -2.32. The van der Waals surface area contributed by atoms with Gasteiger partial charge < -0.3 is 10.2 Å². The molecule has 0 radical (unpaired) electrons. The number of amides is 2. The molecule has 0 spiro atoms. The number of carbonyl (C=O) groups is 2. The molecule has 180 valence electrons. The Morgan fingerprint density at radius 2 is 1.68 bits per heavy atom. The molecule has 0 unspecified atom stereocenters. The first-order chi connectivity index (χ1) is 16.3. The third-order valence-electron chi connectivity index (χ3n) is 6.23. The minimum atomic E-state index is -0.583. The molecular weight excluding hydrogens is 467 g/mol. The minimum absolute atomic E-state index is 0.0355. The molecule has 0 aliphatic rings. The van der Waals surface area contributed by atoms with Gasteiger partial charge >= 0.3 is 0 Å². The van der Waals surface area contributed by atoms with Crippen molar-refractivity contribution in [2.24, 2.45) is 0 Å². The topological polar surface area (TPSA) is 49.4 Å². The van der Waals surface area contributed by atoms with E-state index in [1.54, 1.807) is 17.0 Å². The predicted molar refractivity (Wildman–Crippen MR) is 141 cm³/mol. The van der Waals surface area contributed by atoms with Crippen LogP contribution in [0, 0.1) is 0 Å². The largest absolute Gasteiger partial charge is 0.352 e. The summed E-state index contributed by atoms with van der Waals surface area (Å²) >= 11 is 12.5. The maximum atomic E-state index is 13.6. The summed E-state index contributed by atoms with van der Waals surface area (Å²) in [6.07, 6.45) is 2.22. The van der Waals surface area contributed by atoms with Crippen LogP contribution in [0.1, 0.15) is 51.2 Å². The van der Waals surface area contributed by atoms with Crippen LogP contribution in [0.2, 0.25) is 10.0 Å². The van der Waals surface area contributed by atoms with E-state index >= 15 is 0 Å². The summed E-state index contributed by atoms with van der Waals surface area (Å²) < 4.78 is 0. The number of benzene rings is 3. The summed E-state index contributed by atoms with van der Waals surface area (Å²) in [4.78, 5) is 28.3. The van der Waals surface area contributed by atoms with E-state index in [1.807, 2.05) is 45.0 Å². The summed E-state index contributed by atoms with van der Waals surface area (Å²) in [5.74, 6) is -0.217. The molecule has 4 nitrogen and oxygen atoms in total. The van der Waals surface area contributed by atoms with Crippen LogP contribution in [-0.2, 0) is 22.6 Å². The fraction of sp³-hybridized carbons (Fsp3) is 0.357. The lowest BCUT2D eigenvalue weighted by atomic mass is 10.00. The second-order valence-electron chi connectivity index (χ2n) is 8.64. The first-order valence-corrected chi connectivity index (χ1v) is 12.6. The molecule has 3 rings (SSSR count). The van der Waals surface area contributed by atoms with Gasteiger partial charge in [0, 0.05) is 29.1 Å². The van der Waals surface area contributed by atoms with E-state index in [0.717, 1.165) is 28.3 Å². The zero-order valence-corrected chi connectivity index (χ0v) is 21.5. The van der Waals surface area contributed by atoms with Crippen LogP contribution in [0.15, 0.2) is 60.7 Å². The van der Waals surface area contributed by atoms with Crippen molar-refractivity contribution >= 4 is 45.8 Å². The molecule has 3 aromatic carbocycles. The average Bonchev–Trinajstić information content (AvgIpc) is 2.83. The van der Waals surface area contributed by atoms with Crippen LogP contribution in [0.4, 0.5) is 0 Å². The number of nitrogens with zero attached hydrogens (tertiary/aromatic N) is 1. The number of hydrogen-bond donors (Lipinski definition) is 1. The number of fused-ring (bicyclic) bond motifs is 1. The van der Waals surface area contributed by atoms with Gasteiger partial charge in [0.1, 0.15) is 6.04 Å². The number of carbonyl (C=O) groups excluding carboxylic acids is 2. The van der Waals surface area contributed by atoms with Gasteiger partial charge in [0.25, 0.3) is 0 Å². The summed E-state index contributed by atoms with van der Waals surface area (Å²) in [7, 11) is 0. The molecule has 1 N–H and O–H groups in total. The molecule has 0 saturated heterocycles. The minimum Gasteiger partial charge on any atom is -0.352 e. The van der Waals surface area contributed by atoms with Crippen LogP contribution in [0.25, 0.3) is 10.8 Å². The Hall–Kier alpha value is -2.56. The van der Waals surface area contributed by atoms with Gasteiger partial charge in [-0.1, -0.05) is 85.6 Å². The van der Waals surface area contributed by atoms with Crippen molar-refractivity contribution in [3.63, 3.8) is 0 Å². The average molecular weight is 499 g/mol. The Bertz CT molecular complexity index is 1140. The molecule has 2 amide bonds. The van der Waals surface area contributed by atoms with Crippen molar-refractivity contribution < 1.29 is 9.59 Å². The molecule has 6 heteroatoms. The normalized spacial score (nSPS) is 12.9. The fourth-order valence-corrected chi connectivity index (χ4v) is 4.56. The molecule has 34 heavy (non-hydrogen) atoms. The van der Waals surface area contributed by atoms with Crippen LogP contribution in [-0.4, -0.2) is 28.8 Å². The first kappa shape index (κ1) is 26.1. The van der Waals surface area contributed by atoms with E-state index in [1.165, 1.54) is 0 Å². The second-order valence-corrected chi connectivity index (χ2v) is 9.48. The monoisotopic (exact) mass is 498 g/mol. The molecule has 2 atom stereocenters. The van der Waals surface area contributed by atoms with Crippen LogP contribution in [0.5, 0.6) is 0 Å². The van der Waals surface area contributed by atoms with Crippen molar-refractivity contribution in [3.8, 4) is 0 Å². The number of halogens is 2. The van der Waals surface area contributed by atoms with E-state index in [-0.39, 0.29) is 24.4 Å². The fourth-order valence-electron chi connectivity index (χ4n) is 4.09. The lowest BCUT2D eigenvalue weighted by molar-refractivity contribution is -0.141. The second kappa shape index (κ2) is 12.2. The van der Waals surface area contributed by atoms with Gasteiger partial charge in [-0.05, 0) is 60.2 Å². The maximum absolute atomic E-state index is 13.6. The zero-order valence-electron chi connectivity index (χ0n) is 20.0. The highest BCUT2D eigenvalue weighted by Crippen LogP contribution is 2.25. The Labute approximate surface area is 212 Å². The predicted octanol–water partition coefficient (Wildman–Crippen LogP) is 6.80. The van der Waals surface area contributed by atoms with Crippen molar-refractivity contribution in [1.29, 1.82) is 0 Å². The van der Waals surface area contributed by atoms with E-state index in [9.17, 15) is 9.59 Å². The highest BCUT2D eigenvalue weighted by Gasteiger charge is 2.29. The lowest BCUT2D eigenvalue weighted by Crippen LogP contribution is -2.50. The third-order valence-corrected chi connectivity index (χ3v) is 6.82. The Morgan fingerprint density at radius 1 is 0.941 bits per heavy atom. The van der Waals surface area contributed by atoms with Crippen LogP contribution < -0.4 is 5.32 Å². The van der Waals surface area contributed by atoms with Gasteiger partial charge in [-0.2, -0.15) is 0 Å². The van der Waals surface area contributed by atoms with Crippen LogP contribution in [0.3, 0.4) is 0 Å². The number of nitrogens with one attached hydrogen (secondary N) is 1. The summed E-state index contributed by atoms with van der Waals surface area (Å²) in [6.45, 7) is 6.16. The quantitative estimate of drug-likeness (QED) is 0.334. The molecule has 0 aliphatic heterocycles. The molecule has 0 aliphatic carbocycles. The first-order valence-electron chi connectivity index (χ1n) is 11.8. The number of rotatable bonds is 10. The molecule has 0 heterocycles. The molecular formula is C28H32Cl2N2O2. The molecule has 0 saturated carbocycles. The Balaban J connectivity index is 1.86. The van der Waals surface area contributed by atoms with E-state index in [4.69, 9.17) is 23.2 Å². The number of hydrogen-bond acceptors (Lipinski definition) is 2.